The summed E-state index contributed by atoms with van der Waals surface area (Å²) in [5.74, 6) is 1.47. The van der Waals surface area contributed by atoms with Crippen LogP contribution < -0.4 is 4.74 Å². The first-order valence-electron chi connectivity index (χ1n) is 4.97. The molecule has 0 aromatic heterocycles. The zero-order valence-electron chi connectivity index (χ0n) is 8.79. The third kappa shape index (κ3) is 3.24. The lowest BCUT2D eigenvalue weighted by Crippen LogP contribution is -1.90. The van der Waals surface area contributed by atoms with Crippen LogP contribution in [0.4, 0.5) is 0 Å². The molecule has 0 bridgehead atoms. The van der Waals surface area contributed by atoms with Gasteiger partial charge in [-0.3, -0.25) is 0 Å². The number of alkyl halides is 1. The summed E-state index contributed by atoms with van der Waals surface area (Å²) in [6.07, 6.45) is 0. The standard InChI is InChI=1S/C13H9Br2ClO/c14-8-9-7-10(15)5-6-12(9)17-13-4-2-1-3-11(13)16/h1-7H,8H2. The molecule has 0 unspecified atom stereocenters. The zero-order valence-corrected chi connectivity index (χ0v) is 12.7. The van der Waals surface area contributed by atoms with Gasteiger partial charge in [-0.05, 0) is 30.3 Å². The number of halogens is 3. The third-order valence-corrected chi connectivity index (χ3v) is 3.63. The van der Waals surface area contributed by atoms with Gasteiger partial charge in [-0.25, -0.2) is 0 Å². The Balaban J connectivity index is 2.33. The van der Waals surface area contributed by atoms with Crippen molar-refractivity contribution in [2.75, 3.05) is 0 Å². The van der Waals surface area contributed by atoms with Crippen molar-refractivity contribution in [3.63, 3.8) is 0 Å². The van der Waals surface area contributed by atoms with Crippen molar-refractivity contribution in [3.05, 3.63) is 57.5 Å². The monoisotopic (exact) mass is 374 g/mol. The second kappa shape index (κ2) is 5.89. The first-order valence-corrected chi connectivity index (χ1v) is 7.26. The molecule has 0 fully saturated rings. The van der Waals surface area contributed by atoms with Gasteiger partial charge in [0.1, 0.15) is 11.5 Å². The Hall–Kier alpha value is -0.510. The second-order valence-electron chi connectivity index (χ2n) is 3.42. The van der Waals surface area contributed by atoms with Gasteiger partial charge in [0.05, 0.1) is 5.02 Å². The van der Waals surface area contributed by atoms with Crippen molar-refractivity contribution in [3.8, 4) is 11.5 Å². The van der Waals surface area contributed by atoms with Crippen molar-refractivity contribution >= 4 is 43.5 Å². The number of hydrogen-bond acceptors (Lipinski definition) is 1. The normalized spacial score (nSPS) is 10.3. The smallest absolute Gasteiger partial charge is 0.146 e. The molecule has 88 valence electrons. The van der Waals surface area contributed by atoms with Crippen LogP contribution in [0.3, 0.4) is 0 Å². The van der Waals surface area contributed by atoms with Gasteiger partial charge in [0.2, 0.25) is 0 Å². The molecule has 0 heterocycles. The minimum Gasteiger partial charge on any atom is -0.455 e. The van der Waals surface area contributed by atoms with E-state index in [0.29, 0.717) is 10.8 Å². The van der Waals surface area contributed by atoms with Crippen LogP contribution in [-0.2, 0) is 5.33 Å². The van der Waals surface area contributed by atoms with Crippen LogP contribution >= 0.6 is 43.5 Å². The van der Waals surface area contributed by atoms with Crippen molar-refractivity contribution in [1.82, 2.24) is 0 Å². The maximum atomic E-state index is 6.05. The fraction of sp³-hybridized carbons (Fsp3) is 0.0769. The summed E-state index contributed by atoms with van der Waals surface area (Å²) in [5, 5.41) is 1.34. The Bertz CT molecular complexity index is 529. The third-order valence-electron chi connectivity index (χ3n) is 2.22. The maximum Gasteiger partial charge on any atom is 0.146 e. The number of benzene rings is 2. The van der Waals surface area contributed by atoms with Crippen LogP contribution in [0.15, 0.2) is 46.9 Å². The first-order chi connectivity index (χ1) is 8.20. The predicted octanol–water partition coefficient (Wildman–Crippen LogP) is 5.79. The van der Waals surface area contributed by atoms with E-state index < -0.39 is 0 Å². The van der Waals surface area contributed by atoms with E-state index in [-0.39, 0.29) is 0 Å². The maximum absolute atomic E-state index is 6.05. The van der Waals surface area contributed by atoms with Gasteiger partial charge in [0.25, 0.3) is 0 Å². The van der Waals surface area contributed by atoms with Gasteiger partial charge in [0, 0.05) is 15.4 Å². The molecule has 0 aliphatic heterocycles. The van der Waals surface area contributed by atoms with Gasteiger partial charge in [-0.1, -0.05) is 55.6 Å². The van der Waals surface area contributed by atoms with Crippen LogP contribution in [-0.4, -0.2) is 0 Å². The van der Waals surface area contributed by atoms with Crippen LogP contribution in [0.25, 0.3) is 0 Å². The zero-order chi connectivity index (χ0) is 12.3. The average molecular weight is 376 g/mol. The van der Waals surface area contributed by atoms with Crippen LogP contribution in [0, 0.1) is 0 Å². The molecule has 0 N–H and O–H groups in total. The summed E-state index contributed by atoms with van der Waals surface area (Å²) in [4.78, 5) is 0. The Morgan fingerprint density at radius 2 is 1.82 bits per heavy atom. The molecule has 4 heteroatoms. The van der Waals surface area contributed by atoms with E-state index in [9.17, 15) is 0 Å². The lowest BCUT2D eigenvalue weighted by Gasteiger charge is -2.11. The minimum atomic E-state index is 0.607. The lowest BCUT2D eigenvalue weighted by atomic mass is 10.2. The van der Waals surface area contributed by atoms with Gasteiger partial charge < -0.3 is 4.74 Å². The molecule has 2 rings (SSSR count). The fourth-order valence-corrected chi connectivity index (χ4v) is 2.42. The Labute approximate surface area is 122 Å². The van der Waals surface area contributed by atoms with Crippen LogP contribution in [0.5, 0.6) is 11.5 Å². The van der Waals surface area contributed by atoms with Crippen molar-refractivity contribution in [1.29, 1.82) is 0 Å². The first kappa shape index (κ1) is 12.9. The highest BCUT2D eigenvalue weighted by Gasteiger charge is 2.07. The van der Waals surface area contributed by atoms with E-state index in [4.69, 9.17) is 16.3 Å². The predicted molar refractivity (Wildman–Crippen MR) is 78.3 cm³/mol. The highest BCUT2D eigenvalue weighted by molar-refractivity contribution is 9.10. The average Bonchev–Trinajstić information content (AvgIpc) is 2.34. The molecule has 1 nitrogen and oxygen atoms in total. The van der Waals surface area contributed by atoms with E-state index in [0.717, 1.165) is 21.1 Å². The number of hydrogen-bond donors (Lipinski definition) is 0. The Morgan fingerprint density at radius 3 is 2.53 bits per heavy atom. The quantitative estimate of drug-likeness (QED) is 0.616. The Kier molecular flexibility index (Phi) is 4.48. The molecule has 0 atom stereocenters. The number of rotatable bonds is 3. The molecule has 2 aromatic rings. The van der Waals surface area contributed by atoms with E-state index in [2.05, 4.69) is 31.9 Å². The molecular weight excluding hydrogens is 367 g/mol. The van der Waals surface area contributed by atoms with Gasteiger partial charge >= 0.3 is 0 Å². The molecule has 2 aromatic carbocycles. The number of para-hydroxylation sites is 1. The van der Waals surface area contributed by atoms with Crippen molar-refractivity contribution in [2.24, 2.45) is 0 Å². The molecule has 0 saturated heterocycles. The molecule has 0 amide bonds. The van der Waals surface area contributed by atoms with Gasteiger partial charge in [-0.15, -0.1) is 0 Å². The lowest BCUT2D eigenvalue weighted by molar-refractivity contribution is 0.479. The highest BCUT2D eigenvalue weighted by atomic mass is 79.9. The second-order valence-corrected chi connectivity index (χ2v) is 5.30. The molecule has 0 radical (unpaired) electrons. The van der Waals surface area contributed by atoms with Gasteiger partial charge in [-0.2, -0.15) is 0 Å². The van der Waals surface area contributed by atoms with E-state index in [1.54, 1.807) is 0 Å². The van der Waals surface area contributed by atoms with Crippen molar-refractivity contribution < 1.29 is 4.74 Å². The minimum absolute atomic E-state index is 0.607. The van der Waals surface area contributed by atoms with Gasteiger partial charge in [0.15, 0.2) is 0 Å². The summed E-state index contributed by atoms with van der Waals surface area (Å²) in [6.45, 7) is 0. The van der Waals surface area contributed by atoms with Crippen molar-refractivity contribution in [2.45, 2.75) is 5.33 Å². The van der Waals surface area contributed by atoms with Crippen LogP contribution in [0.2, 0.25) is 5.02 Å². The van der Waals surface area contributed by atoms with E-state index >= 15 is 0 Å². The largest absolute Gasteiger partial charge is 0.455 e. The molecular formula is C13H9Br2ClO. The molecule has 0 spiro atoms. The SMILES string of the molecule is Clc1ccccc1Oc1ccc(Br)cc1CBr. The summed E-state index contributed by atoms with van der Waals surface area (Å²) >= 11 is 12.9. The molecule has 17 heavy (non-hydrogen) atoms. The fourth-order valence-electron chi connectivity index (χ4n) is 1.40. The van der Waals surface area contributed by atoms with E-state index in [1.807, 2.05) is 42.5 Å². The van der Waals surface area contributed by atoms with E-state index in [1.165, 1.54) is 0 Å². The highest BCUT2D eigenvalue weighted by Crippen LogP contribution is 2.33. The molecule has 0 aliphatic rings. The summed E-state index contributed by atoms with van der Waals surface area (Å²) < 4.78 is 6.83. The molecule has 0 aliphatic carbocycles. The molecule has 0 saturated carbocycles. The summed E-state index contributed by atoms with van der Waals surface area (Å²) in [7, 11) is 0. The van der Waals surface area contributed by atoms with Crippen LogP contribution in [0.1, 0.15) is 5.56 Å². The topological polar surface area (TPSA) is 9.23 Å². The Morgan fingerprint density at radius 1 is 1.06 bits per heavy atom. The summed E-state index contributed by atoms with van der Waals surface area (Å²) in [5.41, 5.74) is 1.07. The number of ether oxygens (including phenoxy) is 1. The summed E-state index contributed by atoms with van der Waals surface area (Å²) in [6, 6.07) is 13.3.